The number of ether oxygens (including phenoxy) is 2. The molecule has 1 aliphatic heterocycles. The first-order valence-corrected chi connectivity index (χ1v) is 10.0. The lowest BCUT2D eigenvalue weighted by molar-refractivity contribution is -0.123. The van der Waals surface area contributed by atoms with Gasteiger partial charge in [0.1, 0.15) is 23.4 Å². The summed E-state index contributed by atoms with van der Waals surface area (Å²) in [6.45, 7) is 1.77. The maximum atomic E-state index is 13.1. The van der Waals surface area contributed by atoms with Gasteiger partial charge < -0.3 is 14.4 Å². The van der Waals surface area contributed by atoms with E-state index in [1.54, 1.807) is 18.2 Å². The third kappa shape index (κ3) is 3.55. The molecule has 1 fully saturated rings. The van der Waals surface area contributed by atoms with Crippen LogP contribution in [0.4, 0.5) is 10.1 Å². The maximum Gasteiger partial charge on any atom is 0.245 e. The van der Waals surface area contributed by atoms with Crippen LogP contribution >= 0.6 is 0 Å². The SMILES string of the molecule is COc1ccc(OC)c(N2CCN(S(=O)(=O)c3ccc(F)cc3)C(C)C2=O)c1. The zero-order chi connectivity index (χ0) is 20.5. The van der Waals surface area contributed by atoms with Gasteiger partial charge in [0.05, 0.1) is 24.8 Å². The van der Waals surface area contributed by atoms with Crippen LogP contribution in [0.5, 0.6) is 11.5 Å². The van der Waals surface area contributed by atoms with Crippen LogP contribution in [0, 0.1) is 5.82 Å². The second kappa shape index (κ2) is 7.76. The molecule has 0 aromatic heterocycles. The molecule has 1 aliphatic rings. The summed E-state index contributed by atoms with van der Waals surface area (Å²) in [5, 5.41) is 0. The molecule has 9 heteroatoms. The number of benzene rings is 2. The van der Waals surface area contributed by atoms with E-state index in [4.69, 9.17) is 9.47 Å². The molecule has 0 bridgehead atoms. The average Bonchev–Trinajstić information content (AvgIpc) is 2.69. The van der Waals surface area contributed by atoms with Gasteiger partial charge in [-0.15, -0.1) is 0 Å². The number of piperazine rings is 1. The Balaban J connectivity index is 1.91. The molecule has 0 aliphatic carbocycles. The van der Waals surface area contributed by atoms with E-state index >= 15 is 0 Å². The first-order valence-electron chi connectivity index (χ1n) is 8.60. The topological polar surface area (TPSA) is 76.2 Å². The van der Waals surface area contributed by atoms with E-state index in [-0.39, 0.29) is 23.9 Å². The number of hydrogen-bond donors (Lipinski definition) is 0. The molecule has 1 atom stereocenters. The lowest BCUT2D eigenvalue weighted by Gasteiger charge is -2.38. The number of carbonyl (C=O) groups excluding carboxylic acids is 1. The molecular weight excluding hydrogens is 387 g/mol. The zero-order valence-electron chi connectivity index (χ0n) is 15.8. The molecule has 7 nitrogen and oxygen atoms in total. The van der Waals surface area contributed by atoms with Crippen molar-refractivity contribution in [3.63, 3.8) is 0 Å². The molecule has 1 amide bonds. The van der Waals surface area contributed by atoms with E-state index in [1.165, 1.54) is 38.2 Å². The molecule has 2 aromatic carbocycles. The number of hydrogen-bond acceptors (Lipinski definition) is 5. The maximum absolute atomic E-state index is 13.1. The normalized spacial score (nSPS) is 18.2. The van der Waals surface area contributed by atoms with Gasteiger partial charge in [-0.05, 0) is 43.3 Å². The molecular formula is C19H21FN2O5S. The largest absolute Gasteiger partial charge is 0.497 e. The van der Waals surface area contributed by atoms with E-state index in [2.05, 4.69) is 0 Å². The Morgan fingerprint density at radius 1 is 1.04 bits per heavy atom. The van der Waals surface area contributed by atoms with Crippen molar-refractivity contribution in [3.8, 4) is 11.5 Å². The summed E-state index contributed by atoms with van der Waals surface area (Å²) in [4.78, 5) is 14.4. The lowest BCUT2D eigenvalue weighted by atomic mass is 10.1. The highest BCUT2D eigenvalue weighted by Crippen LogP contribution is 2.35. The first-order chi connectivity index (χ1) is 13.3. The molecule has 1 unspecified atom stereocenters. The van der Waals surface area contributed by atoms with E-state index < -0.39 is 21.9 Å². The van der Waals surface area contributed by atoms with Crippen LogP contribution in [0.1, 0.15) is 6.92 Å². The number of halogens is 1. The van der Waals surface area contributed by atoms with Crippen molar-refractivity contribution in [2.75, 3.05) is 32.2 Å². The summed E-state index contributed by atoms with van der Waals surface area (Å²) in [6, 6.07) is 8.69. The van der Waals surface area contributed by atoms with Crippen molar-refractivity contribution in [1.29, 1.82) is 0 Å². The summed E-state index contributed by atoms with van der Waals surface area (Å²) >= 11 is 0. The minimum Gasteiger partial charge on any atom is -0.497 e. The minimum absolute atomic E-state index is 0.0547. The fraction of sp³-hybridized carbons (Fsp3) is 0.316. The first kappa shape index (κ1) is 20.1. The third-order valence-electron chi connectivity index (χ3n) is 4.70. The number of amides is 1. The van der Waals surface area contributed by atoms with Gasteiger partial charge in [0.2, 0.25) is 15.9 Å². The predicted octanol–water partition coefficient (Wildman–Crippen LogP) is 2.27. The number of carbonyl (C=O) groups is 1. The van der Waals surface area contributed by atoms with Crippen LogP contribution in [0.2, 0.25) is 0 Å². The number of anilines is 1. The quantitative estimate of drug-likeness (QED) is 0.759. The summed E-state index contributed by atoms with van der Waals surface area (Å²) in [5.41, 5.74) is 0.512. The Bertz CT molecular complexity index is 978. The van der Waals surface area contributed by atoms with E-state index in [0.717, 1.165) is 16.4 Å². The fourth-order valence-corrected chi connectivity index (χ4v) is 4.75. The van der Waals surface area contributed by atoms with Crippen molar-refractivity contribution in [1.82, 2.24) is 4.31 Å². The second-order valence-corrected chi connectivity index (χ2v) is 8.16. The van der Waals surface area contributed by atoms with E-state index in [1.807, 2.05) is 0 Å². The highest BCUT2D eigenvalue weighted by Gasteiger charge is 2.40. The van der Waals surface area contributed by atoms with Crippen molar-refractivity contribution < 1.29 is 27.1 Å². The number of nitrogens with zero attached hydrogens (tertiary/aromatic N) is 2. The third-order valence-corrected chi connectivity index (χ3v) is 6.68. The van der Waals surface area contributed by atoms with Crippen molar-refractivity contribution in [2.24, 2.45) is 0 Å². The van der Waals surface area contributed by atoms with Crippen molar-refractivity contribution in [2.45, 2.75) is 17.9 Å². The van der Waals surface area contributed by atoms with Crippen molar-refractivity contribution in [3.05, 3.63) is 48.3 Å². The summed E-state index contributed by atoms with van der Waals surface area (Å²) in [6.07, 6.45) is 0. The van der Waals surface area contributed by atoms with Gasteiger partial charge in [0, 0.05) is 19.2 Å². The summed E-state index contributed by atoms with van der Waals surface area (Å²) in [5.74, 6) is 0.121. The molecule has 150 valence electrons. The van der Waals surface area contributed by atoms with Gasteiger partial charge in [-0.1, -0.05) is 0 Å². The fourth-order valence-electron chi connectivity index (χ4n) is 3.17. The van der Waals surface area contributed by atoms with Gasteiger partial charge in [0.15, 0.2) is 0 Å². The van der Waals surface area contributed by atoms with Gasteiger partial charge in [-0.3, -0.25) is 4.79 Å². The van der Waals surface area contributed by atoms with Crippen LogP contribution in [-0.2, 0) is 14.8 Å². The Labute approximate surface area is 163 Å². The summed E-state index contributed by atoms with van der Waals surface area (Å²) < 4.78 is 50.6. The molecule has 1 heterocycles. The van der Waals surface area contributed by atoms with Gasteiger partial charge >= 0.3 is 0 Å². The van der Waals surface area contributed by atoms with Gasteiger partial charge in [0.25, 0.3) is 0 Å². The van der Waals surface area contributed by atoms with Gasteiger partial charge in [-0.25, -0.2) is 12.8 Å². The Morgan fingerprint density at radius 2 is 1.71 bits per heavy atom. The van der Waals surface area contributed by atoms with E-state index in [9.17, 15) is 17.6 Å². The molecule has 3 rings (SSSR count). The van der Waals surface area contributed by atoms with E-state index in [0.29, 0.717) is 17.2 Å². The van der Waals surface area contributed by atoms with Crippen LogP contribution in [-0.4, -0.2) is 52.0 Å². The second-order valence-electron chi connectivity index (χ2n) is 6.27. The van der Waals surface area contributed by atoms with Crippen LogP contribution in [0.3, 0.4) is 0 Å². The number of sulfonamides is 1. The smallest absolute Gasteiger partial charge is 0.245 e. The Hall–Kier alpha value is -2.65. The van der Waals surface area contributed by atoms with Gasteiger partial charge in [-0.2, -0.15) is 4.31 Å². The highest BCUT2D eigenvalue weighted by atomic mass is 32.2. The molecule has 2 aromatic rings. The Kier molecular flexibility index (Phi) is 5.57. The molecule has 0 spiro atoms. The predicted molar refractivity (Wildman–Crippen MR) is 102 cm³/mol. The number of methoxy groups -OCH3 is 2. The lowest BCUT2D eigenvalue weighted by Crippen LogP contribution is -2.57. The monoisotopic (exact) mass is 408 g/mol. The zero-order valence-corrected chi connectivity index (χ0v) is 16.6. The molecule has 0 N–H and O–H groups in total. The Morgan fingerprint density at radius 3 is 2.32 bits per heavy atom. The summed E-state index contributed by atoms with van der Waals surface area (Å²) in [7, 11) is -0.920. The van der Waals surface area contributed by atoms with Crippen LogP contribution in [0.15, 0.2) is 47.4 Å². The van der Waals surface area contributed by atoms with Crippen LogP contribution in [0.25, 0.3) is 0 Å². The van der Waals surface area contributed by atoms with Crippen LogP contribution < -0.4 is 14.4 Å². The average molecular weight is 408 g/mol. The highest BCUT2D eigenvalue weighted by molar-refractivity contribution is 7.89. The number of rotatable bonds is 5. The minimum atomic E-state index is -3.93. The molecule has 0 saturated carbocycles. The molecule has 28 heavy (non-hydrogen) atoms. The standard InChI is InChI=1S/C19H21FN2O5S/c1-13-19(23)21(17-12-15(26-2)6-9-18(17)27-3)10-11-22(13)28(24,25)16-7-4-14(20)5-8-16/h4-9,12-13H,10-11H2,1-3H3. The van der Waals surface area contributed by atoms with Crippen molar-refractivity contribution >= 4 is 21.6 Å². The molecule has 0 radical (unpaired) electrons. The molecule has 1 saturated heterocycles.